The summed E-state index contributed by atoms with van der Waals surface area (Å²) in [6.45, 7) is 0.312. The lowest BCUT2D eigenvalue weighted by atomic mass is 10.1. The number of hydrogen-bond acceptors (Lipinski definition) is 2. The predicted octanol–water partition coefficient (Wildman–Crippen LogP) is 5.02. The number of nitrogens with zero attached hydrogens (tertiary/aromatic N) is 1. The summed E-state index contributed by atoms with van der Waals surface area (Å²) in [6.07, 6.45) is -2.89. The van der Waals surface area contributed by atoms with Crippen LogP contribution < -0.4 is 5.32 Å². The van der Waals surface area contributed by atoms with E-state index >= 15 is 0 Å². The lowest BCUT2D eigenvalue weighted by Gasteiger charge is -2.09. The molecule has 0 fully saturated rings. The summed E-state index contributed by atoms with van der Waals surface area (Å²) in [4.78, 5) is 3.99. The summed E-state index contributed by atoms with van der Waals surface area (Å²) < 4.78 is 37.2. The summed E-state index contributed by atoms with van der Waals surface area (Å²) in [5.74, 6) is 0.427. The smallest absolute Gasteiger partial charge is 0.365 e. The first-order valence-corrected chi connectivity index (χ1v) is 6.33. The molecule has 1 aromatic carbocycles. The van der Waals surface area contributed by atoms with Gasteiger partial charge in [-0.15, -0.1) is 0 Å². The Kier molecular flexibility index (Phi) is 4.40. The van der Waals surface area contributed by atoms with E-state index in [9.17, 15) is 13.2 Å². The highest BCUT2D eigenvalue weighted by Crippen LogP contribution is 2.29. The molecule has 2 aromatic rings. The van der Waals surface area contributed by atoms with Gasteiger partial charge in [0.15, 0.2) is 0 Å². The predicted molar refractivity (Wildman–Crippen MR) is 73.0 cm³/mol. The molecule has 1 N–H and O–H groups in total. The zero-order chi connectivity index (χ0) is 14.8. The number of anilines is 1. The highest BCUT2D eigenvalue weighted by Gasteiger charge is 2.29. The number of pyridine rings is 1. The molecule has 0 aliphatic rings. The van der Waals surface area contributed by atoms with E-state index in [-0.39, 0.29) is 0 Å². The Hall–Kier alpha value is -1.46. The summed E-state index contributed by atoms with van der Waals surface area (Å²) in [5, 5.41) is 3.70. The minimum absolute atomic E-state index is 0.312. The fourth-order valence-corrected chi connectivity index (χ4v) is 1.99. The molecule has 20 heavy (non-hydrogen) atoms. The van der Waals surface area contributed by atoms with Gasteiger partial charge < -0.3 is 5.32 Å². The maximum Gasteiger partial charge on any atom is 0.416 e. The minimum atomic E-state index is -4.33. The standard InChI is InChI=1S/C13H9Cl2F3N2/c14-10-5-11(15)12(20-7-10)19-6-8-1-3-9(4-2-8)13(16,17)18/h1-5,7H,6H2,(H,19,20). The molecule has 0 spiro atoms. The maximum atomic E-state index is 12.4. The first-order valence-electron chi connectivity index (χ1n) is 5.57. The average molecular weight is 321 g/mol. The molecular weight excluding hydrogens is 312 g/mol. The molecule has 1 heterocycles. The molecule has 0 unspecified atom stereocenters. The van der Waals surface area contributed by atoms with Crippen molar-refractivity contribution in [3.63, 3.8) is 0 Å². The largest absolute Gasteiger partial charge is 0.416 e. The van der Waals surface area contributed by atoms with Crippen LogP contribution in [0.1, 0.15) is 11.1 Å². The maximum absolute atomic E-state index is 12.4. The van der Waals surface area contributed by atoms with Crippen LogP contribution in [0.25, 0.3) is 0 Å². The fraction of sp³-hybridized carbons (Fsp3) is 0.154. The van der Waals surface area contributed by atoms with Crippen LogP contribution in [0, 0.1) is 0 Å². The van der Waals surface area contributed by atoms with Gasteiger partial charge in [0, 0.05) is 12.7 Å². The van der Waals surface area contributed by atoms with E-state index in [2.05, 4.69) is 10.3 Å². The van der Waals surface area contributed by atoms with E-state index in [1.807, 2.05) is 0 Å². The van der Waals surface area contributed by atoms with Crippen molar-refractivity contribution in [2.75, 3.05) is 5.32 Å². The highest BCUT2D eigenvalue weighted by molar-refractivity contribution is 6.35. The van der Waals surface area contributed by atoms with Crippen LogP contribution in [-0.4, -0.2) is 4.98 Å². The van der Waals surface area contributed by atoms with Gasteiger partial charge in [-0.1, -0.05) is 35.3 Å². The Bertz CT molecular complexity index is 598. The van der Waals surface area contributed by atoms with Crippen LogP contribution in [0.2, 0.25) is 10.0 Å². The number of hydrogen-bond donors (Lipinski definition) is 1. The molecule has 0 radical (unpaired) electrons. The van der Waals surface area contributed by atoms with Crippen LogP contribution in [0.5, 0.6) is 0 Å². The van der Waals surface area contributed by atoms with Gasteiger partial charge in [0.25, 0.3) is 0 Å². The van der Waals surface area contributed by atoms with Crippen molar-refractivity contribution in [1.29, 1.82) is 0 Å². The topological polar surface area (TPSA) is 24.9 Å². The normalized spacial score (nSPS) is 11.4. The lowest BCUT2D eigenvalue weighted by molar-refractivity contribution is -0.137. The molecule has 7 heteroatoms. The third kappa shape index (κ3) is 3.77. The summed E-state index contributed by atoms with van der Waals surface area (Å²) in [6, 6.07) is 6.41. The molecule has 2 rings (SSSR count). The van der Waals surface area contributed by atoms with E-state index in [0.717, 1.165) is 12.1 Å². The molecule has 0 aliphatic heterocycles. The van der Waals surface area contributed by atoms with E-state index < -0.39 is 11.7 Å². The highest BCUT2D eigenvalue weighted by atomic mass is 35.5. The van der Waals surface area contributed by atoms with E-state index in [0.29, 0.717) is 28.0 Å². The van der Waals surface area contributed by atoms with Gasteiger partial charge in [0.05, 0.1) is 15.6 Å². The third-order valence-electron chi connectivity index (χ3n) is 2.55. The second-order valence-electron chi connectivity index (χ2n) is 4.03. The Labute approximate surface area is 123 Å². The van der Waals surface area contributed by atoms with E-state index in [1.54, 1.807) is 0 Å². The van der Waals surface area contributed by atoms with Gasteiger partial charge >= 0.3 is 6.18 Å². The number of halogens is 5. The fourth-order valence-electron chi connectivity index (χ4n) is 1.54. The quantitative estimate of drug-likeness (QED) is 0.859. The number of nitrogens with one attached hydrogen (secondary N) is 1. The Balaban J connectivity index is 2.04. The molecule has 0 atom stereocenters. The molecule has 0 bridgehead atoms. The molecule has 1 aromatic heterocycles. The monoisotopic (exact) mass is 320 g/mol. The average Bonchev–Trinajstić information content (AvgIpc) is 2.37. The summed E-state index contributed by atoms with van der Waals surface area (Å²) >= 11 is 11.6. The second kappa shape index (κ2) is 5.89. The van der Waals surface area contributed by atoms with Crippen LogP contribution >= 0.6 is 23.2 Å². The summed E-state index contributed by atoms with van der Waals surface area (Å²) in [5.41, 5.74) is 0.00900. The molecule has 0 aliphatic carbocycles. The first kappa shape index (κ1) is 14.9. The zero-order valence-electron chi connectivity index (χ0n) is 10.0. The van der Waals surface area contributed by atoms with Gasteiger partial charge in [-0.3, -0.25) is 0 Å². The van der Waals surface area contributed by atoms with Crippen LogP contribution in [0.15, 0.2) is 36.5 Å². The number of aromatic nitrogens is 1. The molecule has 0 saturated heterocycles. The second-order valence-corrected chi connectivity index (χ2v) is 4.88. The number of rotatable bonds is 3. The van der Waals surface area contributed by atoms with Crippen molar-refractivity contribution >= 4 is 29.0 Å². The van der Waals surface area contributed by atoms with Crippen molar-refractivity contribution in [3.8, 4) is 0 Å². The Morgan fingerprint density at radius 2 is 1.75 bits per heavy atom. The molecule has 106 valence electrons. The van der Waals surface area contributed by atoms with Crippen molar-refractivity contribution in [1.82, 2.24) is 4.98 Å². The molecule has 2 nitrogen and oxygen atoms in total. The molecular formula is C13H9Cl2F3N2. The van der Waals surface area contributed by atoms with Crippen molar-refractivity contribution < 1.29 is 13.2 Å². The van der Waals surface area contributed by atoms with Gasteiger partial charge in [0.2, 0.25) is 0 Å². The first-order chi connectivity index (χ1) is 9.36. The van der Waals surface area contributed by atoms with Crippen LogP contribution in [0.3, 0.4) is 0 Å². The third-order valence-corrected chi connectivity index (χ3v) is 3.04. The number of benzene rings is 1. The molecule has 0 saturated carbocycles. The van der Waals surface area contributed by atoms with Gasteiger partial charge in [-0.05, 0) is 23.8 Å². The number of alkyl halides is 3. The van der Waals surface area contributed by atoms with E-state index in [4.69, 9.17) is 23.2 Å². The summed E-state index contributed by atoms with van der Waals surface area (Å²) in [7, 11) is 0. The van der Waals surface area contributed by atoms with Crippen LogP contribution in [-0.2, 0) is 12.7 Å². The van der Waals surface area contributed by atoms with Crippen molar-refractivity contribution in [2.45, 2.75) is 12.7 Å². The van der Waals surface area contributed by atoms with Crippen molar-refractivity contribution in [2.24, 2.45) is 0 Å². The zero-order valence-corrected chi connectivity index (χ0v) is 11.5. The molecule has 0 amide bonds. The minimum Gasteiger partial charge on any atom is -0.365 e. The van der Waals surface area contributed by atoms with Crippen molar-refractivity contribution in [3.05, 3.63) is 57.7 Å². The SMILES string of the molecule is FC(F)(F)c1ccc(CNc2ncc(Cl)cc2Cl)cc1. The van der Waals surface area contributed by atoms with E-state index in [1.165, 1.54) is 24.4 Å². The lowest BCUT2D eigenvalue weighted by Crippen LogP contribution is -2.06. The van der Waals surface area contributed by atoms with Crippen LogP contribution in [0.4, 0.5) is 19.0 Å². The van der Waals surface area contributed by atoms with Gasteiger partial charge in [-0.2, -0.15) is 13.2 Å². The van der Waals surface area contributed by atoms with Gasteiger partial charge in [-0.25, -0.2) is 4.98 Å². The Morgan fingerprint density at radius 3 is 2.30 bits per heavy atom. The van der Waals surface area contributed by atoms with Gasteiger partial charge in [0.1, 0.15) is 5.82 Å². The Morgan fingerprint density at radius 1 is 1.10 bits per heavy atom.